The maximum atomic E-state index is 7.39. The smallest absolute Gasteiger partial charge is 0.141 e. The lowest BCUT2D eigenvalue weighted by Gasteiger charge is -2.08. The largest absolute Gasteiger partial charge is 0.308 e. The highest BCUT2D eigenvalue weighted by atomic mass is 35.5. The van der Waals surface area contributed by atoms with E-state index in [1.807, 2.05) is 24.3 Å². The van der Waals surface area contributed by atoms with Crippen LogP contribution < -0.4 is 0 Å². The van der Waals surface area contributed by atoms with Crippen molar-refractivity contribution in [3.8, 4) is 11.3 Å². The van der Waals surface area contributed by atoms with Crippen molar-refractivity contribution < 1.29 is 0 Å². The minimum Gasteiger partial charge on any atom is -0.308 e. The van der Waals surface area contributed by atoms with Crippen molar-refractivity contribution in [3.63, 3.8) is 0 Å². The van der Waals surface area contributed by atoms with E-state index in [1.54, 1.807) is 6.08 Å². The Kier molecular flexibility index (Phi) is 3.30. The van der Waals surface area contributed by atoms with E-state index >= 15 is 0 Å². The third-order valence-corrected chi connectivity index (χ3v) is 2.72. The van der Waals surface area contributed by atoms with Gasteiger partial charge in [0.15, 0.2) is 0 Å². The van der Waals surface area contributed by atoms with Crippen LogP contribution in [0.5, 0.6) is 0 Å². The van der Waals surface area contributed by atoms with E-state index in [1.165, 1.54) is 6.33 Å². The van der Waals surface area contributed by atoms with Gasteiger partial charge in [0.1, 0.15) is 11.5 Å². The number of benzene rings is 1. The van der Waals surface area contributed by atoms with E-state index in [9.17, 15) is 0 Å². The predicted molar refractivity (Wildman–Crippen MR) is 70.5 cm³/mol. The van der Waals surface area contributed by atoms with Crippen molar-refractivity contribution in [3.05, 3.63) is 53.5 Å². The van der Waals surface area contributed by atoms with Crippen LogP contribution in [0.4, 0.5) is 0 Å². The first-order chi connectivity index (χ1) is 8.27. The van der Waals surface area contributed by atoms with Gasteiger partial charge in [-0.05, 0) is 5.56 Å². The Balaban J connectivity index is 2.72. The molecule has 0 saturated carbocycles. The van der Waals surface area contributed by atoms with E-state index in [4.69, 9.17) is 17.0 Å². The first-order valence-electron chi connectivity index (χ1n) is 5.00. The van der Waals surface area contributed by atoms with Crippen LogP contribution in [0.1, 0.15) is 11.1 Å². The van der Waals surface area contributed by atoms with E-state index in [2.05, 4.69) is 16.5 Å². The van der Waals surface area contributed by atoms with Crippen LogP contribution in [-0.4, -0.2) is 16.2 Å². The average molecular weight is 244 g/mol. The monoisotopic (exact) mass is 243 g/mol. The van der Waals surface area contributed by atoms with Crippen molar-refractivity contribution in [2.24, 2.45) is 0 Å². The first kappa shape index (κ1) is 11.5. The van der Waals surface area contributed by atoms with Crippen LogP contribution >= 0.6 is 11.6 Å². The molecule has 0 radical (unpaired) electrons. The summed E-state index contributed by atoms with van der Waals surface area (Å²) in [5, 5.41) is 7.67. The summed E-state index contributed by atoms with van der Waals surface area (Å²) in [6.45, 7) is 3.76. The van der Waals surface area contributed by atoms with Gasteiger partial charge in [-0.2, -0.15) is 0 Å². The lowest BCUT2D eigenvalue weighted by Crippen LogP contribution is -1.96. The van der Waals surface area contributed by atoms with E-state index in [0.29, 0.717) is 11.3 Å². The van der Waals surface area contributed by atoms with Crippen LogP contribution in [0.3, 0.4) is 0 Å². The zero-order valence-electron chi connectivity index (χ0n) is 9.02. The fraction of sp³-hybridized carbons (Fsp3) is 0. The number of hydrogen-bond donors (Lipinski definition) is 1. The van der Waals surface area contributed by atoms with Gasteiger partial charge in [-0.1, -0.05) is 48.5 Å². The lowest BCUT2D eigenvalue weighted by atomic mass is 10.0. The number of hydrogen-bond acceptors (Lipinski definition) is 3. The predicted octanol–water partition coefficient (Wildman–Crippen LogP) is 3.44. The minimum atomic E-state index is 0.281. The zero-order valence-corrected chi connectivity index (χ0v) is 9.78. The maximum absolute atomic E-state index is 7.39. The van der Waals surface area contributed by atoms with Gasteiger partial charge in [0.2, 0.25) is 0 Å². The standard InChI is InChI=1S/C13H10ClN3/c1-2-9-5-3-4-6-10(9)12-11(7-15)13(14)17-8-16-12/h2-8,15H,1H2. The summed E-state index contributed by atoms with van der Waals surface area (Å²) in [4.78, 5) is 8.06. The minimum absolute atomic E-state index is 0.281. The van der Waals surface area contributed by atoms with Gasteiger partial charge in [0, 0.05) is 11.8 Å². The summed E-state index contributed by atoms with van der Waals surface area (Å²) >= 11 is 5.95. The molecule has 17 heavy (non-hydrogen) atoms. The van der Waals surface area contributed by atoms with Crippen molar-refractivity contribution >= 4 is 23.9 Å². The number of aromatic nitrogens is 2. The van der Waals surface area contributed by atoms with Gasteiger partial charge in [-0.25, -0.2) is 9.97 Å². The molecule has 2 aromatic rings. The van der Waals surface area contributed by atoms with Gasteiger partial charge in [0.05, 0.1) is 11.3 Å². The fourth-order valence-electron chi connectivity index (χ4n) is 1.61. The first-order valence-corrected chi connectivity index (χ1v) is 5.38. The Hall–Kier alpha value is -2.00. The van der Waals surface area contributed by atoms with Crippen LogP contribution in [-0.2, 0) is 0 Å². The molecule has 1 heterocycles. The molecule has 2 rings (SSSR count). The maximum Gasteiger partial charge on any atom is 0.141 e. The molecular weight excluding hydrogens is 234 g/mol. The van der Waals surface area contributed by atoms with Crippen molar-refractivity contribution in [1.82, 2.24) is 9.97 Å². The van der Waals surface area contributed by atoms with Crippen molar-refractivity contribution in [2.45, 2.75) is 0 Å². The molecular formula is C13H10ClN3. The molecule has 0 bridgehead atoms. The summed E-state index contributed by atoms with van der Waals surface area (Å²) < 4.78 is 0. The van der Waals surface area contributed by atoms with Gasteiger partial charge >= 0.3 is 0 Å². The molecule has 0 aliphatic rings. The normalized spacial score (nSPS) is 9.94. The van der Waals surface area contributed by atoms with Crippen molar-refractivity contribution in [1.29, 1.82) is 5.41 Å². The number of rotatable bonds is 3. The van der Waals surface area contributed by atoms with E-state index in [0.717, 1.165) is 17.3 Å². The summed E-state index contributed by atoms with van der Waals surface area (Å²) in [5.41, 5.74) is 3.01. The van der Waals surface area contributed by atoms with Crippen LogP contribution in [0.2, 0.25) is 5.15 Å². The number of nitrogens with one attached hydrogen (secondary N) is 1. The van der Waals surface area contributed by atoms with Crippen molar-refractivity contribution in [2.75, 3.05) is 0 Å². The molecule has 0 fully saturated rings. The fourth-order valence-corrected chi connectivity index (χ4v) is 1.79. The second-order valence-electron chi connectivity index (χ2n) is 3.36. The summed E-state index contributed by atoms with van der Waals surface area (Å²) in [5.74, 6) is 0. The zero-order chi connectivity index (χ0) is 12.3. The summed E-state index contributed by atoms with van der Waals surface area (Å²) in [6, 6.07) is 7.69. The molecule has 0 spiro atoms. The Morgan fingerprint density at radius 1 is 1.24 bits per heavy atom. The molecule has 84 valence electrons. The van der Waals surface area contributed by atoms with E-state index < -0.39 is 0 Å². The number of halogens is 1. The molecule has 0 atom stereocenters. The Morgan fingerprint density at radius 2 is 2.00 bits per heavy atom. The molecule has 0 aliphatic heterocycles. The average Bonchev–Trinajstić information content (AvgIpc) is 2.38. The van der Waals surface area contributed by atoms with Gasteiger partial charge in [-0.3, -0.25) is 0 Å². The van der Waals surface area contributed by atoms with E-state index in [-0.39, 0.29) is 5.15 Å². The SMILES string of the molecule is C=Cc1ccccc1-c1ncnc(Cl)c1C=N. The highest BCUT2D eigenvalue weighted by Gasteiger charge is 2.11. The van der Waals surface area contributed by atoms with Gasteiger partial charge in [0.25, 0.3) is 0 Å². The summed E-state index contributed by atoms with van der Waals surface area (Å²) in [7, 11) is 0. The lowest BCUT2D eigenvalue weighted by molar-refractivity contribution is 1.16. The van der Waals surface area contributed by atoms with Gasteiger partial charge < -0.3 is 5.41 Å². The quantitative estimate of drug-likeness (QED) is 0.663. The highest BCUT2D eigenvalue weighted by molar-refractivity contribution is 6.32. The molecule has 0 amide bonds. The van der Waals surface area contributed by atoms with Crippen LogP contribution in [0.25, 0.3) is 17.3 Å². The molecule has 4 heteroatoms. The Bertz CT molecular complexity index is 579. The third kappa shape index (κ3) is 2.10. The molecule has 0 saturated heterocycles. The Labute approximate surface area is 104 Å². The molecule has 1 aromatic heterocycles. The second kappa shape index (κ2) is 4.89. The van der Waals surface area contributed by atoms with Crippen LogP contribution in [0.15, 0.2) is 37.2 Å². The van der Waals surface area contributed by atoms with Crippen LogP contribution in [0, 0.1) is 5.41 Å². The molecule has 1 N–H and O–H groups in total. The summed E-state index contributed by atoms with van der Waals surface area (Å²) in [6.07, 6.45) is 4.31. The highest BCUT2D eigenvalue weighted by Crippen LogP contribution is 2.27. The molecule has 1 aromatic carbocycles. The second-order valence-corrected chi connectivity index (χ2v) is 3.72. The molecule has 3 nitrogen and oxygen atoms in total. The topological polar surface area (TPSA) is 49.6 Å². The number of nitrogens with zero attached hydrogens (tertiary/aromatic N) is 2. The Morgan fingerprint density at radius 3 is 2.71 bits per heavy atom. The third-order valence-electron chi connectivity index (χ3n) is 2.42. The molecule has 0 aliphatic carbocycles. The molecule has 0 unspecified atom stereocenters. The van der Waals surface area contributed by atoms with Gasteiger partial charge in [-0.15, -0.1) is 0 Å².